The standard InChI is InChI=1S/C11H12ClN3O/c1-7(13-10(16)6-12)11-14-8-4-2-3-5-9(8)15-11/h2-5,7H,6H2,1H3,(H,13,16)(H,14,15)/t7-/m1/s1. The average Bonchev–Trinajstić information content (AvgIpc) is 2.72. The van der Waals surface area contributed by atoms with Gasteiger partial charge in [0.05, 0.1) is 17.1 Å². The Hall–Kier alpha value is -1.55. The topological polar surface area (TPSA) is 57.8 Å². The molecule has 1 aromatic carbocycles. The fourth-order valence-corrected chi connectivity index (χ4v) is 1.60. The van der Waals surface area contributed by atoms with Crippen LogP contribution in [0.15, 0.2) is 24.3 Å². The molecule has 1 aromatic heterocycles. The number of carbonyl (C=O) groups is 1. The Morgan fingerprint density at radius 2 is 2.31 bits per heavy atom. The van der Waals surface area contributed by atoms with Crippen LogP contribution in [0.4, 0.5) is 0 Å². The molecule has 0 unspecified atom stereocenters. The van der Waals surface area contributed by atoms with Gasteiger partial charge in [0, 0.05) is 0 Å². The van der Waals surface area contributed by atoms with Crippen molar-refractivity contribution >= 4 is 28.5 Å². The molecular formula is C11H12ClN3O. The first-order chi connectivity index (χ1) is 7.70. The summed E-state index contributed by atoms with van der Waals surface area (Å²) < 4.78 is 0. The highest BCUT2D eigenvalue weighted by Crippen LogP contribution is 2.15. The van der Waals surface area contributed by atoms with Crippen LogP contribution in [0, 0.1) is 0 Å². The van der Waals surface area contributed by atoms with Crippen LogP contribution in [0.5, 0.6) is 0 Å². The number of nitrogens with one attached hydrogen (secondary N) is 2. The molecule has 84 valence electrons. The van der Waals surface area contributed by atoms with Gasteiger partial charge < -0.3 is 10.3 Å². The van der Waals surface area contributed by atoms with Gasteiger partial charge >= 0.3 is 0 Å². The van der Waals surface area contributed by atoms with Crippen LogP contribution in [0.3, 0.4) is 0 Å². The molecule has 4 nitrogen and oxygen atoms in total. The van der Waals surface area contributed by atoms with Gasteiger partial charge in [-0.25, -0.2) is 4.98 Å². The molecule has 1 atom stereocenters. The van der Waals surface area contributed by atoms with Gasteiger partial charge in [-0.1, -0.05) is 12.1 Å². The predicted octanol–water partition coefficient (Wildman–Crippen LogP) is 1.98. The Labute approximate surface area is 98.0 Å². The number of carbonyl (C=O) groups excluding carboxylic acids is 1. The number of halogens is 1. The second-order valence-electron chi connectivity index (χ2n) is 3.56. The smallest absolute Gasteiger partial charge is 0.235 e. The summed E-state index contributed by atoms with van der Waals surface area (Å²) in [6.45, 7) is 1.86. The van der Waals surface area contributed by atoms with Gasteiger partial charge in [0.1, 0.15) is 11.7 Å². The summed E-state index contributed by atoms with van der Waals surface area (Å²) in [4.78, 5) is 18.7. The molecule has 0 aliphatic carbocycles. The van der Waals surface area contributed by atoms with Crippen molar-refractivity contribution in [3.8, 4) is 0 Å². The molecule has 0 spiro atoms. The molecule has 0 radical (unpaired) electrons. The molecule has 1 heterocycles. The zero-order valence-corrected chi connectivity index (χ0v) is 9.58. The Bertz CT molecular complexity index is 476. The number of fused-ring (bicyclic) bond motifs is 1. The minimum atomic E-state index is -0.199. The number of aromatic amines is 1. The van der Waals surface area contributed by atoms with Crippen LogP contribution < -0.4 is 5.32 Å². The summed E-state index contributed by atoms with van der Waals surface area (Å²) in [5.41, 5.74) is 1.86. The molecule has 0 saturated carbocycles. The first kappa shape index (κ1) is 11.0. The van der Waals surface area contributed by atoms with Crippen molar-refractivity contribution < 1.29 is 4.79 Å². The van der Waals surface area contributed by atoms with Crippen LogP contribution >= 0.6 is 11.6 Å². The molecule has 5 heteroatoms. The lowest BCUT2D eigenvalue weighted by Gasteiger charge is -2.09. The molecule has 2 aromatic rings. The number of alkyl halides is 1. The van der Waals surface area contributed by atoms with Crippen LogP contribution in [-0.2, 0) is 4.79 Å². The number of H-pyrrole nitrogens is 1. The minimum Gasteiger partial charge on any atom is -0.345 e. The normalized spacial score (nSPS) is 12.6. The second kappa shape index (κ2) is 4.53. The lowest BCUT2D eigenvalue weighted by Crippen LogP contribution is -2.28. The van der Waals surface area contributed by atoms with Gasteiger partial charge in [-0.3, -0.25) is 4.79 Å². The molecule has 16 heavy (non-hydrogen) atoms. The highest BCUT2D eigenvalue weighted by molar-refractivity contribution is 6.27. The van der Waals surface area contributed by atoms with E-state index in [0.717, 1.165) is 16.9 Å². The highest BCUT2D eigenvalue weighted by atomic mass is 35.5. The summed E-state index contributed by atoms with van der Waals surface area (Å²) >= 11 is 5.42. The third kappa shape index (κ3) is 2.17. The third-order valence-corrected chi connectivity index (χ3v) is 2.56. The number of hydrogen-bond acceptors (Lipinski definition) is 2. The van der Waals surface area contributed by atoms with Crippen LogP contribution in [0.1, 0.15) is 18.8 Å². The largest absolute Gasteiger partial charge is 0.345 e. The first-order valence-corrected chi connectivity index (χ1v) is 5.54. The number of rotatable bonds is 3. The number of imidazole rings is 1. The van der Waals surface area contributed by atoms with Gasteiger partial charge in [0.25, 0.3) is 0 Å². The average molecular weight is 238 g/mol. The minimum absolute atomic E-state index is 0.0371. The van der Waals surface area contributed by atoms with Gasteiger partial charge in [0.15, 0.2) is 0 Å². The van der Waals surface area contributed by atoms with E-state index < -0.39 is 0 Å². The quantitative estimate of drug-likeness (QED) is 0.802. The number of benzene rings is 1. The molecule has 1 amide bonds. The monoisotopic (exact) mass is 237 g/mol. The van der Waals surface area contributed by atoms with E-state index in [9.17, 15) is 4.79 Å². The highest BCUT2D eigenvalue weighted by Gasteiger charge is 2.12. The van der Waals surface area contributed by atoms with E-state index in [0.29, 0.717) is 0 Å². The number of hydrogen-bond donors (Lipinski definition) is 2. The number of aromatic nitrogens is 2. The van der Waals surface area contributed by atoms with Gasteiger partial charge in [0.2, 0.25) is 5.91 Å². The lowest BCUT2D eigenvalue weighted by atomic mass is 10.3. The fraction of sp³-hybridized carbons (Fsp3) is 0.273. The van der Waals surface area contributed by atoms with E-state index in [2.05, 4.69) is 15.3 Å². The molecule has 0 fully saturated rings. The second-order valence-corrected chi connectivity index (χ2v) is 3.83. The van der Waals surface area contributed by atoms with Crippen molar-refractivity contribution in [2.75, 3.05) is 5.88 Å². The summed E-state index contributed by atoms with van der Waals surface area (Å²) in [6.07, 6.45) is 0. The van der Waals surface area contributed by atoms with Gasteiger partial charge in [-0.15, -0.1) is 11.6 Å². The molecule has 2 rings (SSSR count). The summed E-state index contributed by atoms with van der Waals surface area (Å²) in [5, 5.41) is 2.74. The number of nitrogens with zero attached hydrogens (tertiary/aromatic N) is 1. The Morgan fingerprint density at radius 1 is 1.56 bits per heavy atom. The van der Waals surface area contributed by atoms with Gasteiger partial charge in [-0.2, -0.15) is 0 Å². The van der Waals surface area contributed by atoms with Gasteiger partial charge in [-0.05, 0) is 19.1 Å². The van der Waals surface area contributed by atoms with E-state index in [1.54, 1.807) is 0 Å². The summed E-state index contributed by atoms with van der Waals surface area (Å²) in [5.74, 6) is 0.499. The maximum absolute atomic E-state index is 11.1. The van der Waals surface area contributed by atoms with Crippen molar-refractivity contribution in [3.63, 3.8) is 0 Å². The molecule has 0 bridgehead atoms. The Balaban J connectivity index is 2.23. The number of para-hydroxylation sites is 2. The van der Waals surface area contributed by atoms with Crippen molar-refractivity contribution in [1.82, 2.24) is 15.3 Å². The van der Waals surface area contributed by atoms with Crippen molar-refractivity contribution in [2.45, 2.75) is 13.0 Å². The Morgan fingerprint density at radius 3 is 3.00 bits per heavy atom. The van der Waals surface area contributed by atoms with Crippen LogP contribution in [-0.4, -0.2) is 21.8 Å². The molecule has 0 saturated heterocycles. The number of amides is 1. The summed E-state index contributed by atoms with van der Waals surface area (Å²) in [6, 6.07) is 7.56. The van der Waals surface area contributed by atoms with Crippen molar-refractivity contribution in [2.24, 2.45) is 0 Å². The maximum Gasteiger partial charge on any atom is 0.235 e. The molecule has 2 N–H and O–H groups in total. The van der Waals surface area contributed by atoms with Crippen molar-refractivity contribution in [1.29, 1.82) is 0 Å². The van der Waals surface area contributed by atoms with Crippen molar-refractivity contribution in [3.05, 3.63) is 30.1 Å². The molecular weight excluding hydrogens is 226 g/mol. The van der Waals surface area contributed by atoms with E-state index in [-0.39, 0.29) is 17.8 Å². The summed E-state index contributed by atoms with van der Waals surface area (Å²) in [7, 11) is 0. The lowest BCUT2D eigenvalue weighted by molar-refractivity contribution is -0.119. The van der Waals surface area contributed by atoms with Crippen LogP contribution in [0.2, 0.25) is 0 Å². The molecule has 0 aliphatic rings. The first-order valence-electron chi connectivity index (χ1n) is 5.00. The molecule has 0 aliphatic heterocycles. The van der Waals surface area contributed by atoms with E-state index in [4.69, 9.17) is 11.6 Å². The SMILES string of the molecule is C[C@@H](NC(=O)CCl)c1nc2ccccc2[nH]1. The maximum atomic E-state index is 11.1. The third-order valence-electron chi connectivity index (χ3n) is 2.32. The van der Waals surface area contributed by atoms with Crippen LogP contribution in [0.25, 0.3) is 11.0 Å². The van der Waals surface area contributed by atoms with E-state index >= 15 is 0 Å². The Kier molecular flexibility index (Phi) is 3.10. The van der Waals surface area contributed by atoms with E-state index in [1.165, 1.54) is 0 Å². The zero-order chi connectivity index (χ0) is 11.5. The zero-order valence-electron chi connectivity index (χ0n) is 8.83. The van der Waals surface area contributed by atoms with E-state index in [1.807, 2.05) is 31.2 Å². The predicted molar refractivity (Wildman–Crippen MR) is 63.4 cm³/mol. The fourth-order valence-electron chi connectivity index (χ4n) is 1.53.